The van der Waals surface area contributed by atoms with E-state index in [1.165, 1.54) is 11.1 Å². The first-order chi connectivity index (χ1) is 7.51. The lowest BCUT2D eigenvalue weighted by Crippen LogP contribution is -2.47. The van der Waals surface area contributed by atoms with Crippen LogP contribution in [0, 0.1) is 12.3 Å². The monoisotopic (exact) mass is 220 g/mol. The van der Waals surface area contributed by atoms with Crippen molar-refractivity contribution in [3.63, 3.8) is 0 Å². The van der Waals surface area contributed by atoms with Crippen LogP contribution in [0.15, 0.2) is 24.3 Å². The van der Waals surface area contributed by atoms with Gasteiger partial charge < -0.3 is 0 Å². The molecular weight excluding hydrogens is 196 g/mol. The maximum atomic E-state index is 5.68. The van der Waals surface area contributed by atoms with Gasteiger partial charge in [0.1, 0.15) is 0 Å². The van der Waals surface area contributed by atoms with Gasteiger partial charge in [0.15, 0.2) is 0 Å². The molecule has 1 aromatic rings. The molecule has 0 aliphatic rings. The Morgan fingerprint density at radius 3 is 2.44 bits per heavy atom. The molecule has 16 heavy (non-hydrogen) atoms. The Bertz CT molecular complexity index is 331. The minimum absolute atomic E-state index is 0.219. The van der Waals surface area contributed by atoms with Crippen LogP contribution < -0.4 is 11.3 Å². The summed E-state index contributed by atoms with van der Waals surface area (Å²) >= 11 is 0. The van der Waals surface area contributed by atoms with Gasteiger partial charge in [-0.2, -0.15) is 0 Å². The van der Waals surface area contributed by atoms with Gasteiger partial charge in [-0.05, 0) is 36.3 Å². The van der Waals surface area contributed by atoms with E-state index < -0.39 is 0 Å². The fraction of sp³-hybridized carbons (Fsp3) is 0.571. The number of benzene rings is 1. The topological polar surface area (TPSA) is 38.0 Å². The van der Waals surface area contributed by atoms with Crippen LogP contribution in [0.1, 0.15) is 38.3 Å². The minimum Gasteiger partial charge on any atom is -0.271 e. The molecule has 0 fully saturated rings. The lowest BCUT2D eigenvalue weighted by atomic mass is 9.79. The Hall–Kier alpha value is -0.860. The van der Waals surface area contributed by atoms with Crippen LogP contribution in [0.25, 0.3) is 0 Å². The summed E-state index contributed by atoms with van der Waals surface area (Å²) < 4.78 is 0. The standard InChI is InChI=1S/C14H24N2/c1-5-14(3,4)13(16-15)10-12-9-7-6-8-11(12)2/h6-9,13,16H,5,10,15H2,1-4H3. The first-order valence-corrected chi connectivity index (χ1v) is 6.02. The maximum absolute atomic E-state index is 5.68. The third kappa shape index (κ3) is 3.06. The van der Waals surface area contributed by atoms with Gasteiger partial charge >= 0.3 is 0 Å². The second-order valence-corrected chi connectivity index (χ2v) is 5.19. The van der Waals surface area contributed by atoms with Gasteiger partial charge in [0, 0.05) is 6.04 Å². The van der Waals surface area contributed by atoms with Crippen molar-refractivity contribution in [3.8, 4) is 0 Å². The predicted molar refractivity (Wildman–Crippen MR) is 70.1 cm³/mol. The Morgan fingerprint density at radius 2 is 1.94 bits per heavy atom. The number of hydrogen-bond acceptors (Lipinski definition) is 2. The minimum atomic E-state index is 0.219. The molecule has 0 bridgehead atoms. The van der Waals surface area contributed by atoms with Gasteiger partial charge in [0.25, 0.3) is 0 Å². The van der Waals surface area contributed by atoms with E-state index in [2.05, 4.69) is 57.4 Å². The first-order valence-electron chi connectivity index (χ1n) is 6.02. The molecule has 1 aromatic carbocycles. The normalized spacial score (nSPS) is 13.8. The van der Waals surface area contributed by atoms with Crippen LogP contribution in [0.2, 0.25) is 0 Å². The van der Waals surface area contributed by atoms with Gasteiger partial charge in [0.2, 0.25) is 0 Å². The molecular formula is C14H24N2. The molecule has 2 heteroatoms. The zero-order valence-electron chi connectivity index (χ0n) is 10.9. The molecule has 0 aliphatic heterocycles. The van der Waals surface area contributed by atoms with E-state index in [0.717, 1.165) is 12.8 Å². The SMILES string of the molecule is CCC(C)(C)C(Cc1ccccc1C)NN. The summed E-state index contributed by atoms with van der Waals surface area (Å²) in [5, 5.41) is 0. The average Bonchev–Trinajstić information content (AvgIpc) is 2.27. The van der Waals surface area contributed by atoms with Crippen LogP contribution in [0.4, 0.5) is 0 Å². The molecule has 1 unspecified atom stereocenters. The molecule has 0 aliphatic carbocycles. The number of rotatable bonds is 5. The average molecular weight is 220 g/mol. The molecule has 0 amide bonds. The van der Waals surface area contributed by atoms with Crippen molar-refractivity contribution in [2.24, 2.45) is 11.3 Å². The quantitative estimate of drug-likeness (QED) is 0.591. The van der Waals surface area contributed by atoms with Crippen LogP contribution >= 0.6 is 0 Å². The highest BCUT2D eigenvalue weighted by Crippen LogP contribution is 2.27. The zero-order chi connectivity index (χ0) is 12.2. The fourth-order valence-corrected chi connectivity index (χ4v) is 1.87. The van der Waals surface area contributed by atoms with Crippen molar-refractivity contribution in [2.75, 3.05) is 0 Å². The molecule has 3 N–H and O–H groups in total. The van der Waals surface area contributed by atoms with Gasteiger partial charge in [-0.3, -0.25) is 11.3 Å². The number of nitrogens with one attached hydrogen (secondary N) is 1. The molecule has 0 saturated carbocycles. The molecule has 0 saturated heterocycles. The van der Waals surface area contributed by atoms with E-state index in [4.69, 9.17) is 5.84 Å². The van der Waals surface area contributed by atoms with E-state index in [0.29, 0.717) is 6.04 Å². The summed E-state index contributed by atoms with van der Waals surface area (Å²) in [4.78, 5) is 0. The Balaban J connectivity index is 2.82. The Labute approximate surface area is 99.2 Å². The van der Waals surface area contributed by atoms with Gasteiger partial charge in [-0.25, -0.2) is 0 Å². The van der Waals surface area contributed by atoms with Crippen molar-refractivity contribution in [1.82, 2.24) is 5.43 Å². The highest BCUT2D eigenvalue weighted by molar-refractivity contribution is 5.26. The van der Waals surface area contributed by atoms with Crippen molar-refractivity contribution in [2.45, 2.75) is 46.6 Å². The summed E-state index contributed by atoms with van der Waals surface area (Å²) in [5.41, 5.74) is 5.91. The number of hydrazine groups is 1. The largest absolute Gasteiger partial charge is 0.271 e. The lowest BCUT2D eigenvalue weighted by molar-refractivity contribution is 0.231. The molecule has 0 heterocycles. The van der Waals surface area contributed by atoms with Gasteiger partial charge in [-0.15, -0.1) is 0 Å². The van der Waals surface area contributed by atoms with Crippen LogP contribution in [-0.2, 0) is 6.42 Å². The van der Waals surface area contributed by atoms with Crippen molar-refractivity contribution in [3.05, 3.63) is 35.4 Å². The second kappa shape index (κ2) is 5.46. The predicted octanol–water partition coefficient (Wildman–Crippen LogP) is 2.81. The second-order valence-electron chi connectivity index (χ2n) is 5.19. The number of nitrogens with two attached hydrogens (primary N) is 1. The van der Waals surface area contributed by atoms with Crippen LogP contribution in [0.5, 0.6) is 0 Å². The molecule has 0 radical (unpaired) electrons. The van der Waals surface area contributed by atoms with Gasteiger partial charge in [0.05, 0.1) is 0 Å². The number of hydrogen-bond donors (Lipinski definition) is 2. The molecule has 1 atom stereocenters. The zero-order valence-corrected chi connectivity index (χ0v) is 10.9. The summed E-state index contributed by atoms with van der Waals surface area (Å²) in [7, 11) is 0. The van der Waals surface area contributed by atoms with E-state index >= 15 is 0 Å². The van der Waals surface area contributed by atoms with E-state index in [-0.39, 0.29) is 5.41 Å². The van der Waals surface area contributed by atoms with Crippen molar-refractivity contribution >= 4 is 0 Å². The summed E-state index contributed by atoms with van der Waals surface area (Å²) in [6.07, 6.45) is 2.11. The third-order valence-electron chi connectivity index (χ3n) is 3.74. The fourth-order valence-electron chi connectivity index (χ4n) is 1.87. The summed E-state index contributed by atoms with van der Waals surface area (Å²) in [6, 6.07) is 8.83. The van der Waals surface area contributed by atoms with Crippen molar-refractivity contribution in [1.29, 1.82) is 0 Å². The highest BCUT2D eigenvalue weighted by Gasteiger charge is 2.27. The summed E-state index contributed by atoms with van der Waals surface area (Å²) in [5.74, 6) is 5.68. The summed E-state index contributed by atoms with van der Waals surface area (Å²) in [6.45, 7) is 8.88. The van der Waals surface area contributed by atoms with E-state index in [1.54, 1.807) is 0 Å². The Kier molecular flexibility index (Phi) is 4.51. The van der Waals surface area contributed by atoms with E-state index in [1.807, 2.05) is 0 Å². The van der Waals surface area contributed by atoms with Crippen LogP contribution in [0.3, 0.4) is 0 Å². The highest BCUT2D eigenvalue weighted by atomic mass is 15.2. The van der Waals surface area contributed by atoms with Crippen molar-refractivity contribution < 1.29 is 0 Å². The maximum Gasteiger partial charge on any atom is 0.0301 e. The van der Waals surface area contributed by atoms with E-state index in [9.17, 15) is 0 Å². The molecule has 90 valence electrons. The Morgan fingerprint density at radius 1 is 1.31 bits per heavy atom. The lowest BCUT2D eigenvalue weighted by Gasteiger charge is -2.33. The molecule has 0 spiro atoms. The third-order valence-corrected chi connectivity index (χ3v) is 3.74. The first kappa shape index (κ1) is 13.2. The number of aryl methyl sites for hydroxylation is 1. The molecule has 0 aromatic heterocycles. The molecule has 1 rings (SSSR count). The van der Waals surface area contributed by atoms with Gasteiger partial charge in [-0.1, -0.05) is 45.0 Å². The smallest absolute Gasteiger partial charge is 0.0301 e. The molecule has 2 nitrogen and oxygen atoms in total. The van der Waals surface area contributed by atoms with Crippen LogP contribution in [-0.4, -0.2) is 6.04 Å².